The van der Waals surface area contributed by atoms with Gasteiger partial charge in [0.1, 0.15) is 0 Å². The van der Waals surface area contributed by atoms with Crippen LogP contribution in [0.15, 0.2) is 0 Å². The Morgan fingerprint density at radius 1 is 1.36 bits per heavy atom. The fraction of sp³-hybridized carbons (Fsp3) is 1.00. The van der Waals surface area contributed by atoms with Crippen LogP contribution >= 0.6 is 0 Å². The lowest BCUT2D eigenvalue weighted by Gasteiger charge is -2.26. The molecule has 0 aromatic rings. The molecule has 2 fully saturated rings. The second kappa shape index (κ2) is 3.09. The fourth-order valence-electron chi connectivity index (χ4n) is 1.67. The number of nitrogens with zero attached hydrogens (tertiary/aromatic N) is 2. The van der Waals surface area contributed by atoms with E-state index in [9.17, 15) is 0 Å². The van der Waals surface area contributed by atoms with Crippen molar-refractivity contribution in [3.63, 3.8) is 0 Å². The van der Waals surface area contributed by atoms with Gasteiger partial charge in [0, 0.05) is 45.3 Å². The van der Waals surface area contributed by atoms with E-state index in [2.05, 4.69) is 22.2 Å². The minimum atomic E-state index is 0.869. The second-order valence-corrected chi connectivity index (χ2v) is 3.64. The summed E-state index contributed by atoms with van der Waals surface area (Å²) < 4.78 is 0. The van der Waals surface area contributed by atoms with Gasteiger partial charge in [0.25, 0.3) is 0 Å². The van der Waals surface area contributed by atoms with Gasteiger partial charge in [0.05, 0.1) is 0 Å². The van der Waals surface area contributed by atoms with Crippen LogP contribution < -0.4 is 5.32 Å². The van der Waals surface area contributed by atoms with E-state index >= 15 is 0 Å². The zero-order valence-electron chi connectivity index (χ0n) is 7.21. The first-order chi connectivity index (χ1) is 5.36. The van der Waals surface area contributed by atoms with E-state index in [4.69, 9.17) is 0 Å². The fourth-order valence-corrected chi connectivity index (χ4v) is 1.67. The molecule has 0 aliphatic carbocycles. The van der Waals surface area contributed by atoms with E-state index < -0.39 is 0 Å². The molecule has 2 atom stereocenters. The topological polar surface area (TPSA) is 18.3 Å². The highest BCUT2D eigenvalue weighted by atomic mass is 15.3. The van der Waals surface area contributed by atoms with Gasteiger partial charge in [-0.2, -0.15) is 0 Å². The smallest absolute Gasteiger partial charge is 0.0348 e. The zero-order chi connectivity index (χ0) is 7.68. The lowest BCUT2D eigenvalue weighted by molar-refractivity contribution is 0.235. The Morgan fingerprint density at radius 3 is 2.55 bits per heavy atom. The van der Waals surface area contributed by atoms with Crippen LogP contribution in [0.5, 0.6) is 0 Å². The third-order valence-electron chi connectivity index (χ3n) is 2.67. The molecule has 2 unspecified atom stereocenters. The van der Waals surface area contributed by atoms with Crippen LogP contribution in [0, 0.1) is 0 Å². The molecule has 64 valence electrons. The van der Waals surface area contributed by atoms with Gasteiger partial charge in [-0.3, -0.25) is 9.80 Å². The Bertz CT molecular complexity index is 131. The lowest BCUT2D eigenvalue weighted by Crippen LogP contribution is -2.45. The Morgan fingerprint density at radius 2 is 2.00 bits per heavy atom. The maximum absolute atomic E-state index is 3.36. The SMILES string of the molecule is CN1CC1CN1CCNCC1. The molecule has 3 heteroatoms. The Hall–Kier alpha value is -0.120. The largest absolute Gasteiger partial charge is 0.314 e. The molecular formula is C8H17N3. The van der Waals surface area contributed by atoms with Crippen molar-refractivity contribution in [2.75, 3.05) is 46.3 Å². The monoisotopic (exact) mass is 155 g/mol. The summed E-state index contributed by atoms with van der Waals surface area (Å²) in [6.07, 6.45) is 0. The Balaban J connectivity index is 1.68. The van der Waals surface area contributed by atoms with Gasteiger partial charge >= 0.3 is 0 Å². The Labute approximate surface area is 68.4 Å². The first kappa shape index (κ1) is 7.53. The maximum Gasteiger partial charge on any atom is 0.0348 e. The summed E-state index contributed by atoms with van der Waals surface area (Å²) >= 11 is 0. The molecule has 0 spiro atoms. The quantitative estimate of drug-likeness (QED) is 0.527. The number of nitrogens with one attached hydrogen (secondary N) is 1. The van der Waals surface area contributed by atoms with Crippen LogP contribution in [0.4, 0.5) is 0 Å². The summed E-state index contributed by atoms with van der Waals surface area (Å²) in [6.45, 7) is 7.43. The van der Waals surface area contributed by atoms with Crippen LogP contribution in [0.1, 0.15) is 0 Å². The number of rotatable bonds is 2. The zero-order valence-corrected chi connectivity index (χ0v) is 7.21. The Kier molecular flexibility index (Phi) is 2.11. The van der Waals surface area contributed by atoms with Crippen LogP contribution in [0.25, 0.3) is 0 Å². The summed E-state index contributed by atoms with van der Waals surface area (Å²) in [4.78, 5) is 4.96. The van der Waals surface area contributed by atoms with Crippen LogP contribution in [-0.2, 0) is 0 Å². The summed E-state index contributed by atoms with van der Waals surface area (Å²) in [7, 11) is 2.20. The van der Waals surface area contributed by atoms with Gasteiger partial charge in [-0.05, 0) is 7.05 Å². The molecule has 2 saturated heterocycles. The summed E-state index contributed by atoms with van der Waals surface area (Å²) in [5.74, 6) is 0. The minimum absolute atomic E-state index is 0.869. The van der Waals surface area contributed by atoms with E-state index in [1.807, 2.05) is 0 Å². The third kappa shape index (κ3) is 1.92. The van der Waals surface area contributed by atoms with Crippen molar-refractivity contribution in [2.24, 2.45) is 0 Å². The van der Waals surface area contributed by atoms with E-state index in [-0.39, 0.29) is 0 Å². The standard InChI is InChI=1S/C8H17N3/c1-10-6-8(10)7-11-4-2-9-3-5-11/h8-9H,2-7H2,1H3. The first-order valence-electron chi connectivity index (χ1n) is 4.49. The van der Waals surface area contributed by atoms with Crippen LogP contribution in [0.3, 0.4) is 0 Å². The predicted octanol–water partition coefficient (Wildman–Crippen LogP) is -0.794. The second-order valence-electron chi connectivity index (χ2n) is 3.64. The molecule has 2 heterocycles. The molecule has 0 radical (unpaired) electrons. The van der Waals surface area contributed by atoms with Crippen molar-refractivity contribution in [3.8, 4) is 0 Å². The van der Waals surface area contributed by atoms with Gasteiger partial charge in [-0.1, -0.05) is 0 Å². The highest BCUT2D eigenvalue weighted by molar-refractivity contribution is 4.89. The van der Waals surface area contributed by atoms with E-state index in [0.29, 0.717) is 0 Å². The van der Waals surface area contributed by atoms with Crippen molar-refractivity contribution in [1.29, 1.82) is 0 Å². The molecule has 0 bridgehead atoms. The average Bonchev–Trinajstić information content (AvgIpc) is 2.69. The molecule has 2 aliphatic heterocycles. The van der Waals surface area contributed by atoms with Crippen molar-refractivity contribution in [1.82, 2.24) is 15.1 Å². The molecule has 0 amide bonds. The van der Waals surface area contributed by atoms with E-state index in [0.717, 1.165) is 6.04 Å². The number of hydrogen-bond acceptors (Lipinski definition) is 3. The van der Waals surface area contributed by atoms with Gasteiger partial charge in [-0.15, -0.1) is 0 Å². The predicted molar refractivity (Wildman–Crippen MR) is 45.7 cm³/mol. The number of likely N-dealkylation sites (N-methyl/N-ethyl adjacent to an activating group) is 1. The number of hydrogen-bond donors (Lipinski definition) is 1. The highest BCUT2D eigenvalue weighted by Crippen LogP contribution is 2.14. The third-order valence-corrected chi connectivity index (χ3v) is 2.67. The summed E-state index contributed by atoms with van der Waals surface area (Å²) in [6, 6.07) is 0.869. The molecule has 11 heavy (non-hydrogen) atoms. The normalized spacial score (nSPS) is 39.0. The maximum atomic E-state index is 3.36. The van der Waals surface area contributed by atoms with Gasteiger partial charge < -0.3 is 5.32 Å². The molecule has 1 N–H and O–H groups in total. The summed E-state index contributed by atoms with van der Waals surface area (Å²) in [5.41, 5.74) is 0. The van der Waals surface area contributed by atoms with Crippen molar-refractivity contribution in [3.05, 3.63) is 0 Å². The molecule has 0 aromatic heterocycles. The first-order valence-corrected chi connectivity index (χ1v) is 4.49. The molecule has 0 aromatic carbocycles. The van der Waals surface area contributed by atoms with Crippen molar-refractivity contribution < 1.29 is 0 Å². The van der Waals surface area contributed by atoms with Crippen LogP contribution in [-0.4, -0.2) is 62.2 Å². The molecule has 3 nitrogen and oxygen atoms in total. The molecular weight excluding hydrogens is 138 g/mol. The lowest BCUT2D eigenvalue weighted by atomic mass is 10.3. The number of piperazine rings is 1. The van der Waals surface area contributed by atoms with Gasteiger partial charge in [0.15, 0.2) is 0 Å². The van der Waals surface area contributed by atoms with Crippen molar-refractivity contribution in [2.45, 2.75) is 6.04 Å². The minimum Gasteiger partial charge on any atom is -0.314 e. The molecule has 2 aliphatic rings. The molecule has 0 saturated carbocycles. The average molecular weight is 155 g/mol. The summed E-state index contributed by atoms with van der Waals surface area (Å²) in [5, 5.41) is 3.36. The van der Waals surface area contributed by atoms with Gasteiger partial charge in [0.2, 0.25) is 0 Å². The van der Waals surface area contributed by atoms with Gasteiger partial charge in [-0.25, -0.2) is 0 Å². The molecule has 2 rings (SSSR count). The highest BCUT2D eigenvalue weighted by Gasteiger charge is 2.31. The van der Waals surface area contributed by atoms with Crippen molar-refractivity contribution >= 4 is 0 Å². The van der Waals surface area contributed by atoms with E-state index in [1.165, 1.54) is 39.3 Å². The van der Waals surface area contributed by atoms with E-state index in [1.54, 1.807) is 0 Å². The van der Waals surface area contributed by atoms with Crippen LogP contribution in [0.2, 0.25) is 0 Å².